The van der Waals surface area contributed by atoms with Crippen LogP contribution in [0.4, 0.5) is 0 Å². The molecular weight excluding hydrogens is 312 g/mol. The number of rotatable bonds is 4. The molecule has 3 heteroatoms. The van der Waals surface area contributed by atoms with Crippen molar-refractivity contribution in [3.63, 3.8) is 0 Å². The predicted molar refractivity (Wildman–Crippen MR) is 89.6 cm³/mol. The van der Waals surface area contributed by atoms with E-state index < -0.39 is 0 Å². The lowest BCUT2D eigenvalue weighted by Crippen LogP contribution is -2.58. The van der Waals surface area contributed by atoms with Crippen LogP contribution < -0.4 is 5.73 Å². The summed E-state index contributed by atoms with van der Waals surface area (Å²) in [7, 11) is 2.23. The zero-order valence-electron chi connectivity index (χ0n) is 12.9. The van der Waals surface area contributed by atoms with Crippen LogP contribution >= 0.6 is 15.9 Å². The molecule has 0 heterocycles. The average molecular weight is 339 g/mol. The lowest BCUT2D eigenvalue weighted by molar-refractivity contribution is 0.0127. The molecule has 1 saturated carbocycles. The summed E-state index contributed by atoms with van der Waals surface area (Å²) >= 11 is 3.66. The lowest BCUT2D eigenvalue weighted by Gasteiger charge is -2.50. The van der Waals surface area contributed by atoms with E-state index in [9.17, 15) is 0 Å². The highest BCUT2D eigenvalue weighted by molar-refractivity contribution is 9.10. The molecule has 2 N–H and O–H groups in total. The fraction of sp³-hybridized carbons (Fsp3) is 0.647. The highest BCUT2D eigenvalue weighted by Gasteiger charge is 2.42. The van der Waals surface area contributed by atoms with E-state index in [1.807, 2.05) is 0 Å². The Labute approximate surface area is 131 Å². The fourth-order valence-corrected chi connectivity index (χ4v) is 4.16. The number of nitrogens with zero attached hydrogens (tertiary/aromatic N) is 1. The first kappa shape index (κ1) is 16.0. The standard InChI is InChI=1S/C17H27BrN2/c1-13-8-9-17(12-19,14(2)10-13)20(3)11-15-6-4-5-7-16(15)18/h4-7,13-14H,8-12,19H2,1-3H3. The maximum absolute atomic E-state index is 6.21. The lowest BCUT2D eigenvalue weighted by atomic mass is 9.69. The van der Waals surface area contributed by atoms with E-state index >= 15 is 0 Å². The molecule has 0 aliphatic heterocycles. The van der Waals surface area contributed by atoms with Crippen LogP contribution in [0.5, 0.6) is 0 Å². The van der Waals surface area contributed by atoms with Gasteiger partial charge < -0.3 is 5.73 Å². The molecule has 20 heavy (non-hydrogen) atoms. The second-order valence-corrected chi connectivity index (χ2v) is 7.39. The van der Waals surface area contributed by atoms with E-state index in [0.717, 1.165) is 19.0 Å². The van der Waals surface area contributed by atoms with Crippen molar-refractivity contribution >= 4 is 15.9 Å². The van der Waals surface area contributed by atoms with Crippen LogP contribution in [-0.4, -0.2) is 24.0 Å². The van der Waals surface area contributed by atoms with Crippen LogP contribution in [0.2, 0.25) is 0 Å². The minimum atomic E-state index is 0.155. The Bertz CT molecular complexity index is 448. The minimum absolute atomic E-state index is 0.155. The van der Waals surface area contributed by atoms with Gasteiger partial charge in [-0.3, -0.25) is 4.90 Å². The number of benzene rings is 1. The Kier molecular flexibility index (Phi) is 5.27. The quantitative estimate of drug-likeness (QED) is 0.897. The molecule has 1 aromatic rings. The Hall–Kier alpha value is -0.380. The van der Waals surface area contributed by atoms with E-state index in [1.54, 1.807) is 0 Å². The molecule has 0 bridgehead atoms. The van der Waals surface area contributed by atoms with Gasteiger partial charge in [0.05, 0.1) is 0 Å². The number of hydrogen-bond donors (Lipinski definition) is 1. The summed E-state index contributed by atoms with van der Waals surface area (Å²) in [6.45, 7) is 6.45. The number of likely N-dealkylation sites (N-methyl/N-ethyl adjacent to an activating group) is 1. The van der Waals surface area contributed by atoms with Crippen LogP contribution in [0.3, 0.4) is 0 Å². The monoisotopic (exact) mass is 338 g/mol. The van der Waals surface area contributed by atoms with Crippen molar-refractivity contribution in [2.75, 3.05) is 13.6 Å². The van der Waals surface area contributed by atoms with E-state index in [1.165, 1.54) is 29.3 Å². The van der Waals surface area contributed by atoms with Crippen molar-refractivity contribution in [1.29, 1.82) is 0 Å². The maximum Gasteiger partial charge on any atom is 0.0357 e. The van der Waals surface area contributed by atoms with Gasteiger partial charge in [0.2, 0.25) is 0 Å². The first-order valence-corrected chi connectivity index (χ1v) is 8.43. The molecule has 0 saturated heterocycles. The van der Waals surface area contributed by atoms with Crippen molar-refractivity contribution in [1.82, 2.24) is 4.90 Å². The smallest absolute Gasteiger partial charge is 0.0357 e. The summed E-state index contributed by atoms with van der Waals surface area (Å²) in [5.41, 5.74) is 7.71. The normalized spacial score (nSPS) is 30.7. The molecule has 1 aliphatic rings. The molecule has 0 amide bonds. The van der Waals surface area contributed by atoms with Crippen LogP contribution in [-0.2, 0) is 6.54 Å². The molecule has 2 rings (SSSR count). The van der Waals surface area contributed by atoms with Gasteiger partial charge in [-0.2, -0.15) is 0 Å². The number of nitrogens with two attached hydrogens (primary N) is 1. The van der Waals surface area contributed by atoms with Gasteiger partial charge >= 0.3 is 0 Å². The third kappa shape index (κ3) is 3.10. The van der Waals surface area contributed by atoms with Gasteiger partial charge in [-0.05, 0) is 49.8 Å². The van der Waals surface area contributed by atoms with Gasteiger partial charge in [0.1, 0.15) is 0 Å². The second-order valence-electron chi connectivity index (χ2n) is 6.54. The third-order valence-electron chi connectivity index (χ3n) is 5.22. The molecule has 0 radical (unpaired) electrons. The number of halogens is 1. The molecule has 2 nitrogen and oxygen atoms in total. The van der Waals surface area contributed by atoms with Gasteiger partial charge in [0.15, 0.2) is 0 Å². The largest absolute Gasteiger partial charge is 0.329 e. The van der Waals surface area contributed by atoms with Crippen molar-refractivity contribution in [3.8, 4) is 0 Å². The summed E-state index contributed by atoms with van der Waals surface area (Å²) in [4.78, 5) is 2.49. The Morgan fingerprint density at radius 3 is 2.65 bits per heavy atom. The van der Waals surface area contributed by atoms with Crippen LogP contribution in [0.15, 0.2) is 28.7 Å². The highest BCUT2D eigenvalue weighted by atomic mass is 79.9. The van der Waals surface area contributed by atoms with E-state index in [2.05, 4.69) is 66.0 Å². The first-order valence-electron chi connectivity index (χ1n) is 7.64. The van der Waals surface area contributed by atoms with E-state index in [4.69, 9.17) is 5.73 Å². The Morgan fingerprint density at radius 1 is 1.35 bits per heavy atom. The van der Waals surface area contributed by atoms with Crippen molar-refractivity contribution in [2.45, 2.75) is 45.2 Å². The zero-order valence-corrected chi connectivity index (χ0v) is 14.5. The van der Waals surface area contributed by atoms with Gasteiger partial charge in [0.25, 0.3) is 0 Å². The van der Waals surface area contributed by atoms with Crippen LogP contribution in [0.1, 0.15) is 38.7 Å². The third-order valence-corrected chi connectivity index (χ3v) is 6.00. The summed E-state index contributed by atoms with van der Waals surface area (Å²) in [5.74, 6) is 1.49. The SMILES string of the molecule is CC1CCC(CN)(N(C)Cc2ccccc2Br)C(C)C1. The second kappa shape index (κ2) is 6.59. The minimum Gasteiger partial charge on any atom is -0.329 e. The number of hydrogen-bond acceptors (Lipinski definition) is 2. The molecule has 1 aromatic carbocycles. The molecule has 1 fully saturated rings. The molecule has 0 aromatic heterocycles. The van der Waals surface area contributed by atoms with Crippen molar-refractivity contribution in [3.05, 3.63) is 34.3 Å². The van der Waals surface area contributed by atoms with E-state index in [-0.39, 0.29) is 5.54 Å². The highest BCUT2D eigenvalue weighted by Crippen LogP contribution is 2.40. The molecule has 3 unspecified atom stereocenters. The summed E-state index contributed by atoms with van der Waals surface area (Å²) < 4.78 is 1.19. The van der Waals surface area contributed by atoms with Crippen LogP contribution in [0.25, 0.3) is 0 Å². The molecular formula is C17H27BrN2. The molecule has 1 aliphatic carbocycles. The summed E-state index contributed by atoms with van der Waals surface area (Å²) in [5, 5.41) is 0. The fourth-order valence-electron chi connectivity index (χ4n) is 3.75. The van der Waals surface area contributed by atoms with Gasteiger partial charge in [0, 0.05) is 23.1 Å². The van der Waals surface area contributed by atoms with Gasteiger partial charge in [-0.1, -0.05) is 48.0 Å². The molecule has 0 spiro atoms. The Balaban J connectivity index is 2.17. The molecule has 3 atom stereocenters. The van der Waals surface area contributed by atoms with Crippen molar-refractivity contribution in [2.24, 2.45) is 17.6 Å². The average Bonchev–Trinajstić information content (AvgIpc) is 2.42. The zero-order chi connectivity index (χ0) is 14.8. The van der Waals surface area contributed by atoms with Gasteiger partial charge in [-0.15, -0.1) is 0 Å². The molecule has 112 valence electrons. The predicted octanol–water partition coefficient (Wildman–Crippen LogP) is 4.03. The first-order chi connectivity index (χ1) is 9.49. The topological polar surface area (TPSA) is 29.3 Å². The van der Waals surface area contributed by atoms with Crippen LogP contribution in [0, 0.1) is 11.8 Å². The van der Waals surface area contributed by atoms with Crippen molar-refractivity contribution < 1.29 is 0 Å². The maximum atomic E-state index is 6.21. The van der Waals surface area contributed by atoms with Gasteiger partial charge in [-0.25, -0.2) is 0 Å². The summed E-state index contributed by atoms with van der Waals surface area (Å²) in [6.07, 6.45) is 3.80. The summed E-state index contributed by atoms with van der Waals surface area (Å²) in [6, 6.07) is 8.48. The Morgan fingerprint density at radius 2 is 2.05 bits per heavy atom. The van der Waals surface area contributed by atoms with E-state index in [0.29, 0.717) is 5.92 Å².